The van der Waals surface area contributed by atoms with Gasteiger partial charge in [-0.3, -0.25) is 4.79 Å². The fourth-order valence-corrected chi connectivity index (χ4v) is 4.62. The number of rotatable bonds is 4. The van der Waals surface area contributed by atoms with Crippen molar-refractivity contribution in [2.75, 3.05) is 26.2 Å². The van der Waals surface area contributed by atoms with E-state index in [9.17, 15) is 17.6 Å². The molecule has 2 aromatic carbocycles. The van der Waals surface area contributed by atoms with Crippen molar-refractivity contribution in [1.82, 2.24) is 9.21 Å². The molecule has 0 unspecified atom stereocenters. The summed E-state index contributed by atoms with van der Waals surface area (Å²) in [6, 6.07) is 10.3. The number of nitrogens with zero attached hydrogens (tertiary/aromatic N) is 2. The van der Waals surface area contributed by atoms with E-state index in [0.717, 1.165) is 11.6 Å². The van der Waals surface area contributed by atoms with Crippen molar-refractivity contribution in [2.45, 2.75) is 4.90 Å². The topological polar surface area (TPSA) is 57.7 Å². The van der Waals surface area contributed by atoms with E-state index < -0.39 is 15.8 Å². The fraction of sp³-hybridized carbons (Fsp3) is 0.211. The maximum atomic E-state index is 13.9. The second-order valence-corrected chi connectivity index (χ2v) is 8.89. The van der Waals surface area contributed by atoms with Crippen LogP contribution in [0.15, 0.2) is 53.4 Å². The van der Waals surface area contributed by atoms with E-state index in [1.54, 1.807) is 29.2 Å². The molecule has 1 aliphatic heterocycles. The van der Waals surface area contributed by atoms with Gasteiger partial charge >= 0.3 is 0 Å². The zero-order chi connectivity index (χ0) is 20.3. The minimum atomic E-state index is -3.93. The third-order valence-electron chi connectivity index (χ3n) is 4.37. The van der Waals surface area contributed by atoms with Crippen LogP contribution in [0.25, 0.3) is 6.08 Å². The highest BCUT2D eigenvalue weighted by Crippen LogP contribution is 2.23. The summed E-state index contributed by atoms with van der Waals surface area (Å²) in [4.78, 5) is 13.5. The Morgan fingerprint density at radius 1 is 1.00 bits per heavy atom. The molecule has 0 spiro atoms. The number of hydrogen-bond donors (Lipinski definition) is 0. The van der Waals surface area contributed by atoms with Crippen molar-refractivity contribution in [2.24, 2.45) is 0 Å². The van der Waals surface area contributed by atoms with Crippen LogP contribution in [-0.4, -0.2) is 49.7 Å². The molecule has 3 rings (SSSR count). The monoisotopic (exact) mass is 442 g/mol. The second kappa shape index (κ2) is 8.61. The molecule has 28 heavy (non-hydrogen) atoms. The van der Waals surface area contributed by atoms with E-state index in [1.807, 2.05) is 0 Å². The van der Waals surface area contributed by atoms with Crippen LogP contribution in [-0.2, 0) is 14.8 Å². The van der Waals surface area contributed by atoms with Gasteiger partial charge in [-0.2, -0.15) is 4.31 Å². The van der Waals surface area contributed by atoms with Gasteiger partial charge in [0.25, 0.3) is 0 Å². The Kier molecular flexibility index (Phi) is 6.40. The molecule has 0 aromatic heterocycles. The van der Waals surface area contributed by atoms with Crippen LogP contribution < -0.4 is 0 Å². The highest BCUT2D eigenvalue weighted by atomic mass is 35.5. The third kappa shape index (κ3) is 4.55. The summed E-state index contributed by atoms with van der Waals surface area (Å²) in [6.45, 7) is 0.641. The minimum absolute atomic E-state index is 0.100. The van der Waals surface area contributed by atoms with E-state index in [-0.39, 0.29) is 37.0 Å². The van der Waals surface area contributed by atoms with Crippen LogP contribution in [0, 0.1) is 5.82 Å². The summed E-state index contributed by atoms with van der Waals surface area (Å²) in [7, 11) is -3.93. The predicted molar refractivity (Wildman–Crippen MR) is 107 cm³/mol. The lowest BCUT2D eigenvalue weighted by Gasteiger charge is -2.33. The molecular formula is C19H17Cl2FN2O3S. The van der Waals surface area contributed by atoms with Crippen molar-refractivity contribution in [1.29, 1.82) is 0 Å². The zero-order valence-corrected chi connectivity index (χ0v) is 17.0. The average molecular weight is 443 g/mol. The largest absolute Gasteiger partial charge is 0.337 e. The summed E-state index contributed by atoms with van der Waals surface area (Å²) in [5, 5.41) is 0.820. The molecule has 0 saturated carbocycles. The minimum Gasteiger partial charge on any atom is -0.337 e. The molecule has 1 aliphatic rings. The number of amides is 1. The zero-order valence-electron chi connectivity index (χ0n) is 14.7. The standard InChI is InChI=1S/C19H17Cl2FN2O3S/c20-15-7-5-14(13-16(15)21)6-8-19(25)23-9-11-24(12-10-23)28(26,27)18-4-2-1-3-17(18)22/h1-8,13H,9-12H2/b8-6+. The first-order valence-electron chi connectivity index (χ1n) is 8.46. The summed E-state index contributed by atoms with van der Waals surface area (Å²) in [5.74, 6) is -1.03. The number of carbonyl (C=O) groups excluding carboxylic acids is 1. The van der Waals surface area contributed by atoms with Crippen LogP contribution in [0.4, 0.5) is 4.39 Å². The van der Waals surface area contributed by atoms with E-state index in [4.69, 9.17) is 23.2 Å². The summed E-state index contributed by atoms with van der Waals surface area (Å²) >= 11 is 11.8. The van der Waals surface area contributed by atoms with Gasteiger partial charge in [0.2, 0.25) is 15.9 Å². The summed E-state index contributed by atoms with van der Waals surface area (Å²) in [5.41, 5.74) is 0.725. The van der Waals surface area contributed by atoms with E-state index in [0.29, 0.717) is 10.0 Å². The SMILES string of the molecule is O=C(/C=C/c1ccc(Cl)c(Cl)c1)N1CCN(S(=O)(=O)c2ccccc2F)CC1. The number of benzene rings is 2. The maximum Gasteiger partial charge on any atom is 0.246 e. The molecule has 9 heteroatoms. The van der Waals surface area contributed by atoms with Crippen LogP contribution in [0.1, 0.15) is 5.56 Å². The molecule has 0 bridgehead atoms. The van der Waals surface area contributed by atoms with Gasteiger partial charge in [-0.05, 0) is 35.9 Å². The van der Waals surface area contributed by atoms with E-state index in [1.165, 1.54) is 28.6 Å². The number of halogens is 3. The van der Waals surface area contributed by atoms with E-state index in [2.05, 4.69) is 0 Å². The molecule has 5 nitrogen and oxygen atoms in total. The molecule has 1 fully saturated rings. The van der Waals surface area contributed by atoms with Crippen LogP contribution in [0.2, 0.25) is 10.0 Å². The lowest BCUT2D eigenvalue weighted by atomic mass is 10.2. The van der Waals surface area contributed by atoms with Gasteiger partial charge in [0.15, 0.2) is 0 Å². The first-order valence-corrected chi connectivity index (χ1v) is 10.7. The van der Waals surface area contributed by atoms with Gasteiger partial charge in [0.05, 0.1) is 10.0 Å². The Morgan fingerprint density at radius 3 is 2.32 bits per heavy atom. The van der Waals surface area contributed by atoms with Crippen molar-refractivity contribution in [3.63, 3.8) is 0 Å². The van der Waals surface area contributed by atoms with Gasteiger partial charge < -0.3 is 4.90 Å². The first kappa shape index (κ1) is 20.8. The number of hydrogen-bond acceptors (Lipinski definition) is 3. The third-order valence-corrected chi connectivity index (χ3v) is 7.04. The van der Waals surface area contributed by atoms with Crippen LogP contribution >= 0.6 is 23.2 Å². The van der Waals surface area contributed by atoms with E-state index >= 15 is 0 Å². The Balaban J connectivity index is 1.63. The van der Waals surface area contributed by atoms with Crippen molar-refractivity contribution < 1.29 is 17.6 Å². The Hall–Kier alpha value is -1.93. The summed E-state index contributed by atoms with van der Waals surface area (Å²) < 4.78 is 40.3. The van der Waals surface area contributed by atoms with Crippen LogP contribution in [0.3, 0.4) is 0 Å². The lowest BCUT2D eigenvalue weighted by Crippen LogP contribution is -2.50. The number of sulfonamides is 1. The highest BCUT2D eigenvalue weighted by molar-refractivity contribution is 7.89. The molecule has 1 heterocycles. The van der Waals surface area contributed by atoms with Gasteiger partial charge in [0.1, 0.15) is 10.7 Å². The molecular weight excluding hydrogens is 426 g/mol. The molecule has 2 aromatic rings. The number of piperazine rings is 1. The average Bonchev–Trinajstić information content (AvgIpc) is 2.69. The van der Waals surface area contributed by atoms with Crippen molar-refractivity contribution in [3.8, 4) is 0 Å². The first-order chi connectivity index (χ1) is 13.3. The molecule has 0 aliphatic carbocycles. The molecule has 1 saturated heterocycles. The maximum absolute atomic E-state index is 13.9. The molecule has 0 atom stereocenters. The molecule has 0 N–H and O–H groups in total. The normalized spacial score (nSPS) is 15.9. The predicted octanol–water partition coefficient (Wildman–Crippen LogP) is 3.68. The molecule has 148 valence electrons. The quantitative estimate of drug-likeness (QED) is 0.678. The van der Waals surface area contributed by atoms with Crippen molar-refractivity contribution >= 4 is 45.2 Å². The fourth-order valence-electron chi connectivity index (χ4n) is 2.83. The highest BCUT2D eigenvalue weighted by Gasteiger charge is 2.31. The Bertz CT molecular complexity index is 1020. The second-order valence-electron chi connectivity index (χ2n) is 6.17. The molecule has 1 amide bonds. The van der Waals surface area contributed by atoms with Gasteiger partial charge in [-0.1, -0.05) is 41.4 Å². The summed E-state index contributed by atoms with van der Waals surface area (Å²) in [6.07, 6.45) is 3.02. The lowest BCUT2D eigenvalue weighted by molar-refractivity contribution is -0.127. The number of carbonyl (C=O) groups is 1. The van der Waals surface area contributed by atoms with Gasteiger partial charge in [-0.25, -0.2) is 12.8 Å². The van der Waals surface area contributed by atoms with Gasteiger partial charge in [-0.15, -0.1) is 0 Å². The van der Waals surface area contributed by atoms with Gasteiger partial charge in [0, 0.05) is 32.3 Å². The smallest absolute Gasteiger partial charge is 0.246 e. The Morgan fingerprint density at radius 2 is 1.68 bits per heavy atom. The van der Waals surface area contributed by atoms with Crippen LogP contribution in [0.5, 0.6) is 0 Å². The molecule has 0 radical (unpaired) electrons. The van der Waals surface area contributed by atoms with Crippen molar-refractivity contribution in [3.05, 3.63) is 70.0 Å². The Labute approximate surface area is 173 Å².